The van der Waals surface area contributed by atoms with Crippen molar-refractivity contribution in [3.8, 4) is 11.1 Å². The molecule has 0 spiro atoms. The largest absolute Gasteiger partial charge is 0.411 e. The fourth-order valence-corrected chi connectivity index (χ4v) is 3.57. The molecule has 5 nitrogen and oxygen atoms in total. The van der Waals surface area contributed by atoms with Crippen LogP contribution in [0.3, 0.4) is 0 Å². The number of benzene rings is 2. The van der Waals surface area contributed by atoms with E-state index in [0.29, 0.717) is 18.7 Å². The van der Waals surface area contributed by atoms with Gasteiger partial charge in [-0.15, -0.1) is 0 Å². The fraction of sp³-hybridized carbons (Fsp3) is 0.280. The molecule has 0 aliphatic rings. The molecular weight excluding hydrogens is 374 g/mol. The first-order chi connectivity index (χ1) is 14.6. The monoisotopic (exact) mass is 403 g/mol. The number of likely N-dealkylation sites (N-methyl/N-ethyl adjacent to an activating group) is 1. The van der Waals surface area contributed by atoms with Gasteiger partial charge in [0, 0.05) is 44.3 Å². The Kier molecular flexibility index (Phi) is 7.57. The van der Waals surface area contributed by atoms with Crippen LogP contribution in [0.25, 0.3) is 11.1 Å². The minimum Gasteiger partial charge on any atom is -0.411 e. The molecule has 0 bridgehead atoms. The maximum atomic E-state index is 9.70. The third kappa shape index (κ3) is 5.24. The molecule has 3 rings (SSSR count). The molecule has 5 heteroatoms. The lowest BCUT2D eigenvalue weighted by Crippen LogP contribution is -2.21. The zero-order chi connectivity index (χ0) is 21.3. The molecule has 0 saturated carbocycles. The van der Waals surface area contributed by atoms with Gasteiger partial charge in [0.15, 0.2) is 0 Å². The molecule has 30 heavy (non-hydrogen) atoms. The quantitative estimate of drug-likeness (QED) is 0.312. The molecule has 1 aromatic heterocycles. The number of oxime groups is 1. The van der Waals surface area contributed by atoms with E-state index in [1.54, 1.807) is 19.5 Å². The van der Waals surface area contributed by atoms with Gasteiger partial charge < -0.3 is 14.8 Å². The first-order valence-corrected chi connectivity index (χ1v) is 10.1. The van der Waals surface area contributed by atoms with Crippen LogP contribution in [0.15, 0.2) is 72.1 Å². The van der Waals surface area contributed by atoms with E-state index in [9.17, 15) is 5.21 Å². The predicted octanol–water partition coefficient (Wildman–Crippen LogP) is 4.95. The molecule has 3 aromatic rings. The van der Waals surface area contributed by atoms with E-state index < -0.39 is 0 Å². The van der Waals surface area contributed by atoms with Gasteiger partial charge in [-0.3, -0.25) is 4.98 Å². The number of methoxy groups -OCH3 is 1. The number of aromatic nitrogens is 1. The molecule has 0 fully saturated rings. The number of anilines is 1. The Morgan fingerprint density at radius 3 is 2.47 bits per heavy atom. The van der Waals surface area contributed by atoms with Crippen molar-refractivity contribution in [2.75, 3.05) is 32.2 Å². The first-order valence-electron chi connectivity index (χ1n) is 10.1. The van der Waals surface area contributed by atoms with Crippen molar-refractivity contribution in [1.29, 1.82) is 0 Å². The average molecular weight is 404 g/mol. The second kappa shape index (κ2) is 10.6. The van der Waals surface area contributed by atoms with Crippen LogP contribution >= 0.6 is 0 Å². The van der Waals surface area contributed by atoms with Crippen molar-refractivity contribution >= 4 is 11.4 Å². The minimum absolute atomic E-state index is 0.663. The van der Waals surface area contributed by atoms with Crippen LogP contribution in [0.1, 0.15) is 23.1 Å². The van der Waals surface area contributed by atoms with E-state index in [-0.39, 0.29) is 0 Å². The standard InChI is InChI=1S/C25H29N3O2/c1-19-23(21-13-15-26-16-14-21)5-4-6-24(19)25(27-29)12-9-20-7-10-22(11-8-20)28(2)17-18-30-3/h4-8,10-11,13-16,29H,9,12,17-18H2,1-3H3/b27-25+. The summed E-state index contributed by atoms with van der Waals surface area (Å²) in [4.78, 5) is 6.26. The summed E-state index contributed by atoms with van der Waals surface area (Å²) in [6.07, 6.45) is 5.05. The van der Waals surface area contributed by atoms with E-state index in [1.807, 2.05) is 24.3 Å². The molecule has 0 aliphatic carbocycles. The highest BCUT2D eigenvalue weighted by atomic mass is 16.5. The number of nitrogens with zero attached hydrogens (tertiary/aromatic N) is 3. The minimum atomic E-state index is 0.663. The maximum absolute atomic E-state index is 9.70. The van der Waals surface area contributed by atoms with Crippen LogP contribution < -0.4 is 4.90 Å². The van der Waals surface area contributed by atoms with Gasteiger partial charge in [-0.1, -0.05) is 35.5 Å². The Morgan fingerprint density at radius 2 is 1.80 bits per heavy atom. The number of rotatable bonds is 9. The van der Waals surface area contributed by atoms with Gasteiger partial charge in [0.05, 0.1) is 12.3 Å². The second-order valence-electron chi connectivity index (χ2n) is 7.34. The SMILES string of the molecule is COCCN(C)c1ccc(CC/C(=N\O)c2cccc(-c3ccncc3)c2C)cc1. The van der Waals surface area contributed by atoms with Crippen LogP contribution in [0.5, 0.6) is 0 Å². The van der Waals surface area contributed by atoms with E-state index in [2.05, 4.69) is 59.3 Å². The normalized spacial score (nSPS) is 11.5. The molecule has 0 radical (unpaired) electrons. The highest BCUT2D eigenvalue weighted by molar-refractivity contribution is 6.02. The van der Waals surface area contributed by atoms with Gasteiger partial charge in [0.25, 0.3) is 0 Å². The molecule has 1 N–H and O–H groups in total. The van der Waals surface area contributed by atoms with Gasteiger partial charge in [-0.25, -0.2) is 0 Å². The van der Waals surface area contributed by atoms with E-state index in [0.717, 1.165) is 40.9 Å². The van der Waals surface area contributed by atoms with Crippen LogP contribution in [0, 0.1) is 6.92 Å². The van der Waals surface area contributed by atoms with E-state index in [4.69, 9.17) is 4.74 Å². The molecule has 1 heterocycles. The number of pyridine rings is 1. The van der Waals surface area contributed by atoms with Crippen LogP contribution in [0.4, 0.5) is 5.69 Å². The molecule has 2 aromatic carbocycles. The van der Waals surface area contributed by atoms with Crippen molar-refractivity contribution in [1.82, 2.24) is 4.98 Å². The van der Waals surface area contributed by atoms with Gasteiger partial charge in [-0.2, -0.15) is 0 Å². The molecule has 0 unspecified atom stereocenters. The highest BCUT2D eigenvalue weighted by Gasteiger charge is 2.12. The summed E-state index contributed by atoms with van der Waals surface area (Å²) in [5.41, 5.74) is 7.38. The van der Waals surface area contributed by atoms with Gasteiger partial charge in [-0.05, 0) is 66.3 Å². The zero-order valence-corrected chi connectivity index (χ0v) is 17.9. The summed E-state index contributed by atoms with van der Waals surface area (Å²) < 4.78 is 5.14. The number of ether oxygens (including phenoxy) is 1. The van der Waals surface area contributed by atoms with Crippen molar-refractivity contribution in [2.24, 2.45) is 5.16 Å². The summed E-state index contributed by atoms with van der Waals surface area (Å²) in [7, 11) is 3.77. The Balaban J connectivity index is 1.71. The second-order valence-corrected chi connectivity index (χ2v) is 7.34. The zero-order valence-electron chi connectivity index (χ0n) is 17.9. The van der Waals surface area contributed by atoms with Crippen LogP contribution in [-0.4, -0.2) is 43.2 Å². The third-order valence-corrected chi connectivity index (χ3v) is 5.42. The number of hydrogen-bond acceptors (Lipinski definition) is 5. The van der Waals surface area contributed by atoms with Gasteiger partial charge >= 0.3 is 0 Å². The molecule has 0 amide bonds. The number of hydrogen-bond donors (Lipinski definition) is 1. The summed E-state index contributed by atoms with van der Waals surface area (Å²) in [6.45, 7) is 3.62. The Bertz CT molecular complexity index is 969. The predicted molar refractivity (Wildman–Crippen MR) is 123 cm³/mol. The molecule has 156 valence electrons. The summed E-state index contributed by atoms with van der Waals surface area (Å²) >= 11 is 0. The van der Waals surface area contributed by atoms with Gasteiger partial charge in [0.1, 0.15) is 0 Å². The Hall–Kier alpha value is -3.18. The maximum Gasteiger partial charge on any atom is 0.0873 e. The van der Waals surface area contributed by atoms with E-state index >= 15 is 0 Å². The molecular formula is C25H29N3O2. The highest BCUT2D eigenvalue weighted by Crippen LogP contribution is 2.26. The van der Waals surface area contributed by atoms with Crippen molar-refractivity contribution in [3.05, 3.63) is 83.7 Å². The van der Waals surface area contributed by atoms with E-state index in [1.165, 1.54) is 5.56 Å². The lowest BCUT2D eigenvalue weighted by Gasteiger charge is -2.19. The third-order valence-electron chi connectivity index (χ3n) is 5.42. The lowest BCUT2D eigenvalue weighted by molar-refractivity contribution is 0.206. The topological polar surface area (TPSA) is 58.0 Å². The van der Waals surface area contributed by atoms with Crippen molar-refractivity contribution < 1.29 is 9.94 Å². The average Bonchev–Trinajstić information content (AvgIpc) is 2.79. The van der Waals surface area contributed by atoms with Crippen LogP contribution in [-0.2, 0) is 11.2 Å². The number of aryl methyl sites for hydroxylation is 1. The molecule has 0 saturated heterocycles. The summed E-state index contributed by atoms with van der Waals surface area (Å²) in [5, 5.41) is 13.3. The summed E-state index contributed by atoms with van der Waals surface area (Å²) in [5.74, 6) is 0. The lowest BCUT2D eigenvalue weighted by atomic mass is 9.92. The van der Waals surface area contributed by atoms with Crippen molar-refractivity contribution in [2.45, 2.75) is 19.8 Å². The first kappa shape index (κ1) is 21.5. The van der Waals surface area contributed by atoms with Gasteiger partial charge in [0.2, 0.25) is 0 Å². The smallest absolute Gasteiger partial charge is 0.0873 e. The molecule has 0 aliphatic heterocycles. The Labute approximate surface area is 178 Å². The fourth-order valence-electron chi connectivity index (χ4n) is 3.57. The molecule has 0 atom stereocenters. The van der Waals surface area contributed by atoms with Crippen LogP contribution in [0.2, 0.25) is 0 Å². The summed E-state index contributed by atoms with van der Waals surface area (Å²) in [6, 6.07) is 18.6. The Morgan fingerprint density at radius 1 is 1.07 bits per heavy atom. The van der Waals surface area contributed by atoms with Crippen molar-refractivity contribution in [3.63, 3.8) is 0 Å².